The first-order valence-corrected chi connectivity index (χ1v) is 33.9. The molecule has 498 valence electrons. The van der Waals surface area contributed by atoms with Crippen molar-refractivity contribution in [1.82, 2.24) is 5.32 Å². The Kier molecular flexibility index (Phi) is 41.2. The Labute approximate surface area is 550 Å². The Bertz CT molecular complexity index is 3070. The lowest BCUT2D eigenvalue weighted by Crippen LogP contribution is -2.36. The molecule has 3 N–H and O–H groups in total. The van der Waals surface area contributed by atoms with Crippen LogP contribution in [0.1, 0.15) is 251 Å². The number of fused-ring (bicyclic) bond motifs is 1. The number of hydrogen-bond acceptors (Lipinski definition) is 5. The maximum atomic E-state index is 12.0. The normalized spacial score (nSPS) is 12.8. The van der Waals surface area contributed by atoms with Crippen molar-refractivity contribution < 1.29 is 23.9 Å². The van der Waals surface area contributed by atoms with Gasteiger partial charge in [-0.3, -0.25) is 19.2 Å². The van der Waals surface area contributed by atoms with Crippen LogP contribution < -0.4 is 20.7 Å². The second kappa shape index (κ2) is 43.6. The summed E-state index contributed by atoms with van der Waals surface area (Å²) >= 11 is 0. The van der Waals surface area contributed by atoms with Gasteiger partial charge in [-0.25, -0.2) is 0 Å². The highest BCUT2D eigenvalue weighted by atomic mass is 16.5. The largest absolute Gasteiger partial charge is 0.426 e. The molecule has 0 radical (unpaired) electrons. The number of ether oxygens (including phenoxy) is 1. The van der Waals surface area contributed by atoms with Crippen molar-refractivity contribution in [2.45, 2.75) is 243 Å². The molecule has 8 nitrogen and oxygen atoms in total. The monoisotopic (exact) mass is 1230 g/mol. The fraction of sp³-hybridized carbons (Fsp3) is 0.488. The van der Waals surface area contributed by atoms with Crippen LogP contribution in [0.2, 0.25) is 0 Å². The number of hydrogen-bond donors (Lipinski definition) is 3. The first-order chi connectivity index (χ1) is 42.6. The highest BCUT2D eigenvalue weighted by Gasteiger charge is 2.29. The molecule has 8 rings (SSSR count). The maximum absolute atomic E-state index is 12.0. The Balaban J connectivity index is 0. The maximum Gasteiger partial charge on any atom is 0.316 e. The summed E-state index contributed by atoms with van der Waals surface area (Å²) in [5.41, 5.74) is 8.87. The van der Waals surface area contributed by atoms with Gasteiger partial charge in [0, 0.05) is 34.7 Å². The molecule has 7 aromatic rings. The van der Waals surface area contributed by atoms with Gasteiger partial charge in [0.05, 0.1) is 5.41 Å². The molecule has 0 aromatic heterocycles. The summed E-state index contributed by atoms with van der Waals surface area (Å²) in [5.74, 6) is 2.14. The number of amides is 3. The van der Waals surface area contributed by atoms with Gasteiger partial charge in [0.1, 0.15) is 5.75 Å². The lowest BCUT2D eigenvalue weighted by molar-refractivity contribution is -0.144. The molecule has 3 amide bonds. The van der Waals surface area contributed by atoms with E-state index in [9.17, 15) is 19.2 Å². The smallest absolute Gasteiger partial charge is 0.316 e. The predicted molar refractivity (Wildman–Crippen MR) is 395 cm³/mol. The van der Waals surface area contributed by atoms with Gasteiger partial charge in [0.15, 0.2) is 0 Å². The molecule has 0 fully saturated rings. The topological polar surface area (TPSA) is 114 Å². The molecular weight excluding hydrogens is 1110 g/mol. The van der Waals surface area contributed by atoms with E-state index in [-0.39, 0.29) is 45.9 Å². The average molecular weight is 1230 g/mol. The van der Waals surface area contributed by atoms with Gasteiger partial charge in [-0.05, 0) is 151 Å². The molecule has 0 spiro atoms. The highest BCUT2D eigenvalue weighted by molar-refractivity contribution is 5.95. The summed E-state index contributed by atoms with van der Waals surface area (Å²) < 4.78 is 5.44. The van der Waals surface area contributed by atoms with E-state index in [4.69, 9.17) is 4.74 Å². The van der Waals surface area contributed by atoms with Gasteiger partial charge in [-0.15, -0.1) is 0 Å². The Morgan fingerprint density at radius 1 is 0.467 bits per heavy atom. The van der Waals surface area contributed by atoms with Crippen LogP contribution in [-0.4, -0.2) is 23.7 Å². The van der Waals surface area contributed by atoms with E-state index in [0.717, 1.165) is 47.8 Å². The Hall–Kier alpha value is -7.06. The molecular formula is C82H125N3O5. The fourth-order valence-corrected chi connectivity index (χ4v) is 8.56. The summed E-state index contributed by atoms with van der Waals surface area (Å²) in [5, 5.41) is 14.0. The van der Waals surface area contributed by atoms with Crippen LogP contribution in [0.4, 0.5) is 11.4 Å². The number of nitrogens with one attached hydrogen (secondary N) is 3. The number of anilines is 2. The summed E-state index contributed by atoms with van der Waals surface area (Å²) in [6.45, 7) is 57.6. The van der Waals surface area contributed by atoms with E-state index in [0.29, 0.717) is 24.1 Å². The van der Waals surface area contributed by atoms with Crippen molar-refractivity contribution in [2.24, 2.45) is 22.2 Å². The standard InChI is InChI=1S/C16H18O2.2C15H23NO.C14H14.C12H17NO.5C2H6/c1-4-16(2,3)15(17)18-14-10-9-12-7-5-6-8-13(12)11-14;1-6-15(4,5)14(17)16-10-13-8-11(2)7-12(3)9-13;1-6-11(2)14(17)16-13-9-7-12(8-10-13)15(3,4)5;1-9-10(2)13-8-4-6-11-5-3-7-12(9)14(11)13;1-4-12(2,3)11(14)13-10-8-6-5-7-9-10;5*1-2/h5-11H,4H2,1-3H3;7-9H,6,10H2,1-5H3,(H,16,17);7-11H,6H2,1-5H3,(H,16,17);3-10H,1-2H3;5-9H,4H2,1-3H3,(H,13,14);5*1-2H3. The van der Waals surface area contributed by atoms with Gasteiger partial charge in [-0.1, -0.05) is 293 Å². The molecule has 3 unspecified atom stereocenters. The molecule has 0 bridgehead atoms. The highest BCUT2D eigenvalue weighted by Crippen LogP contribution is 2.46. The van der Waals surface area contributed by atoms with Gasteiger partial charge in [-0.2, -0.15) is 0 Å². The number of carbonyl (C=O) groups is 4. The number of para-hydroxylation sites is 1. The van der Waals surface area contributed by atoms with Crippen LogP contribution in [0.25, 0.3) is 21.5 Å². The van der Waals surface area contributed by atoms with E-state index in [1.807, 2.05) is 230 Å². The van der Waals surface area contributed by atoms with Gasteiger partial charge < -0.3 is 20.7 Å². The molecule has 1 aliphatic carbocycles. The molecule has 8 heteroatoms. The van der Waals surface area contributed by atoms with Crippen LogP contribution in [0.3, 0.4) is 0 Å². The minimum absolute atomic E-state index is 0.0669. The third kappa shape index (κ3) is 28.4. The van der Waals surface area contributed by atoms with E-state index in [1.54, 1.807) is 0 Å². The summed E-state index contributed by atoms with van der Waals surface area (Å²) in [7, 11) is 0. The molecule has 1 aliphatic rings. The van der Waals surface area contributed by atoms with Crippen molar-refractivity contribution in [3.8, 4) is 5.75 Å². The molecule has 7 aromatic carbocycles. The van der Waals surface area contributed by atoms with Crippen LogP contribution in [-0.2, 0) is 31.1 Å². The SMILES string of the molecule is CC.CC.CC.CC.CC.CC1c2cccc3cccc(c23)C1C.CCC(C)(C)C(=O)NCc1cc(C)cc(C)c1.CCC(C)(C)C(=O)Nc1ccccc1.CCC(C)(C)C(=O)Oc1ccc2ccccc2c1.CCC(C)C(=O)Nc1ccc(C(C)(C)C)cc1. The lowest BCUT2D eigenvalue weighted by Gasteiger charge is -2.21. The molecule has 0 saturated carbocycles. The zero-order chi connectivity index (χ0) is 69.6. The van der Waals surface area contributed by atoms with Crippen LogP contribution in [0.15, 0.2) is 152 Å². The van der Waals surface area contributed by atoms with Gasteiger partial charge >= 0.3 is 5.97 Å². The second-order valence-corrected chi connectivity index (χ2v) is 24.6. The van der Waals surface area contributed by atoms with Crippen LogP contribution in [0.5, 0.6) is 5.75 Å². The zero-order valence-corrected chi connectivity index (χ0v) is 61.7. The first-order valence-electron chi connectivity index (χ1n) is 33.9. The predicted octanol–water partition coefficient (Wildman–Crippen LogP) is 23.8. The van der Waals surface area contributed by atoms with Crippen molar-refractivity contribution >= 4 is 56.6 Å². The average Bonchev–Trinajstić information content (AvgIpc) is 1.77. The first kappa shape index (κ1) is 85.0. The zero-order valence-electron chi connectivity index (χ0n) is 61.7. The van der Waals surface area contributed by atoms with E-state index < -0.39 is 5.41 Å². The van der Waals surface area contributed by atoms with E-state index >= 15 is 0 Å². The summed E-state index contributed by atoms with van der Waals surface area (Å²) in [4.78, 5) is 47.4. The minimum atomic E-state index is -0.439. The lowest BCUT2D eigenvalue weighted by atomic mass is 9.87. The van der Waals surface area contributed by atoms with Crippen molar-refractivity contribution in [1.29, 1.82) is 0 Å². The number of benzene rings is 7. The molecule has 0 aliphatic heterocycles. The van der Waals surface area contributed by atoms with Crippen LogP contribution >= 0.6 is 0 Å². The number of carbonyl (C=O) groups excluding carboxylic acids is 4. The molecule has 0 saturated heterocycles. The molecule has 0 heterocycles. The molecule has 90 heavy (non-hydrogen) atoms. The fourth-order valence-electron chi connectivity index (χ4n) is 8.56. The minimum Gasteiger partial charge on any atom is -0.426 e. The summed E-state index contributed by atoms with van der Waals surface area (Å²) in [6.07, 6.45) is 3.32. The Morgan fingerprint density at radius 2 is 0.900 bits per heavy atom. The molecule has 3 atom stereocenters. The summed E-state index contributed by atoms with van der Waals surface area (Å²) in [6, 6.07) is 51.1. The van der Waals surface area contributed by atoms with E-state index in [2.05, 4.69) is 131 Å². The van der Waals surface area contributed by atoms with Gasteiger partial charge in [0.2, 0.25) is 17.7 Å². The Morgan fingerprint density at radius 3 is 1.36 bits per heavy atom. The van der Waals surface area contributed by atoms with E-state index in [1.165, 1.54) is 44.2 Å². The quantitative estimate of drug-likeness (QED) is 0.0786. The number of rotatable bonds is 13. The number of aryl methyl sites for hydroxylation is 2. The number of esters is 1. The van der Waals surface area contributed by atoms with Crippen molar-refractivity contribution in [3.63, 3.8) is 0 Å². The third-order valence-electron chi connectivity index (χ3n) is 15.9. The third-order valence-corrected chi connectivity index (χ3v) is 15.9. The second-order valence-electron chi connectivity index (χ2n) is 24.6. The van der Waals surface area contributed by atoms with Crippen molar-refractivity contribution in [3.05, 3.63) is 185 Å². The van der Waals surface area contributed by atoms with Crippen LogP contribution in [0, 0.1) is 36.0 Å². The van der Waals surface area contributed by atoms with Crippen molar-refractivity contribution in [2.75, 3.05) is 10.6 Å². The van der Waals surface area contributed by atoms with Gasteiger partial charge in [0.25, 0.3) is 0 Å².